The fourth-order valence-corrected chi connectivity index (χ4v) is 5.67. The van der Waals surface area contributed by atoms with Crippen molar-refractivity contribution < 1.29 is 23.7 Å². The first-order chi connectivity index (χ1) is 18.2. The maximum Gasteiger partial charge on any atom is 0.338 e. The molecule has 0 bridgehead atoms. The largest absolute Gasteiger partial charge is 0.497 e. The number of hydrogen-bond acceptors (Lipinski definition) is 8. The third-order valence-electron chi connectivity index (χ3n) is 5.89. The number of ether oxygens (including phenoxy) is 4. The Labute approximate surface area is 233 Å². The molecule has 3 aromatic rings. The van der Waals surface area contributed by atoms with E-state index in [0.29, 0.717) is 44.5 Å². The van der Waals surface area contributed by atoms with E-state index in [0.717, 1.165) is 15.6 Å². The zero-order valence-corrected chi connectivity index (χ0v) is 24.4. The van der Waals surface area contributed by atoms with Gasteiger partial charge < -0.3 is 18.9 Å². The maximum atomic E-state index is 13.9. The number of nitrogens with zero attached hydrogens (tertiary/aromatic N) is 2. The molecule has 0 aliphatic carbocycles. The smallest absolute Gasteiger partial charge is 0.338 e. The molecule has 0 saturated heterocycles. The van der Waals surface area contributed by atoms with E-state index in [-0.39, 0.29) is 11.7 Å². The lowest BCUT2D eigenvalue weighted by Crippen LogP contribution is -2.40. The van der Waals surface area contributed by atoms with Crippen molar-refractivity contribution in [2.45, 2.75) is 39.8 Å². The summed E-state index contributed by atoms with van der Waals surface area (Å²) >= 11 is 4.83. The van der Waals surface area contributed by atoms with Gasteiger partial charge in [-0.05, 0) is 69.2 Å². The lowest BCUT2D eigenvalue weighted by Gasteiger charge is -2.25. The molecule has 0 unspecified atom stereocenters. The Morgan fingerprint density at radius 3 is 2.47 bits per heavy atom. The molecule has 0 radical (unpaired) electrons. The first-order valence-corrected chi connectivity index (χ1v) is 13.7. The van der Waals surface area contributed by atoms with Crippen molar-refractivity contribution in [2.75, 3.05) is 20.8 Å². The Hall–Kier alpha value is -3.37. The molecule has 1 aromatic heterocycles. The summed E-state index contributed by atoms with van der Waals surface area (Å²) in [7, 11) is 3.16. The van der Waals surface area contributed by atoms with Gasteiger partial charge >= 0.3 is 5.97 Å². The van der Waals surface area contributed by atoms with Gasteiger partial charge in [-0.1, -0.05) is 39.4 Å². The average Bonchev–Trinajstić information content (AvgIpc) is 3.18. The molecule has 200 valence electrons. The fraction of sp³-hybridized carbons (Fsp3) is 0.321. The molecule has 8 nitrogen and oxygen atoms in total. The highest BCUT2D eigenvalue weighted by Crippen LogP contribution is 2.34. The second kappa shape index (κ2) is 11.6. The molecule has 0 saturated carbocycles. The van der Waals surface area contributed by atoms with Gasteiger partial charge in [-0.25, -0.2) is 9.79 Å². The summed E-state index contributed by atoms with van der Waals surface area (Å²) in [5, 5.41) is 0. The zero-order chi connectivity index (χ0) is 27.6. The summed E-state index contributed by atoms with van der Waals surface area (Å²) in [5.74, 6) is 1.32. The highest BCUT2D eigenvalue weighted by atomic mass is 79.9. The van der Waals surface area contributed by atoms with Crippen molar-refractivity contribution in [3.63, 3.8) is 0 Å². The van der Waals surface area contributed by atoms with Crippen LogP contribution in [0.3, 0.4) is 0 Å². The van der Waals surface area contributed by atoms with Crippen LogP contribution in [0, 0.1) is 0 Å². The van der Waals surface area contributed by atoms with Crippen LogP contribution in [0.15, 0.2) is 61.9 Å². The molecule has 2 heterocycles. The molecule has 38 heavy (non-hydrogen) atoms. The second-order valence-corrected chi connectivity index (χ2v) is 10.6. The summed E-state index contributed by atoms with van der Waals surface area (Å²) in [6.45, 7) is 7.70. The number of carbonyl (C=O) groups is 1. The van der Waals surface area contributed by atoms with E-state index < -0.39 is 12.0 Å². The fourth-order valence-electron chi connectivity index (χ4n) is 4.19. The number of esters is 1. The number of methoxy groups -OCH3 is 2. The standard InChI is InChI=1S/C28H29BrN2O6S/c1-7-36-22-12-18(20(29)14-21(22)35-6)13-23-26(32)31-25(17-8-10-19(34-5)11-9-17)24(27(33)37-15(2)3)16(4)30-28(31)38-23/h8-15,25H,7H2,1-6H3/b23-13+/t25-/m0/s1. The van der Waals surface area contributed by atoms with Crippen LogP contribution in [-0.2, 0) is 9.53 Å². The van der Waals surface area contributed by atoms with Crippen LogP contribution in [0.5, 0.6) is 17.2 Å². The van der Waals surface area contributed by atoms with Crippen molar-refractivity contribution in [3.05, 3.63) is 83.0 Å². The van der Waals surface area contributed by atoms with E-state index >= 15 is 0 Å². The van der Waals surface area contributed by atoms with Crippen LogP contribution >= 0.6 is 27.3 Å². The lowest BCUT2D eigenvalue weighted by atomic mass is 9.96. The predicted molar refractivity (Wildman–Crippen MR) is 150 cm³/mol. The summed E-state index contributed by atoms with van der Waals surface area (Å²) in [6.07, 6.45) is 1.46. The summed E-state index contributed by atoms with van der Waals surface area (Å²) in [5.41, 5.74) is 2.06. The maximum absolute atomic E-state index is 13.9. The van der Waals surface area contributed by atoms with Gasteiger partial charge in [0, 0.05) is 4.47 Å². The number of benzene rings is 2. The molecule has 4 rings (SSSR count). The Morgan fingerprint density at radius 2 is 1.87 bits per heavy atom. The number of hydrogen-bond donors (Lipinski definition) is 0. The number of aromatic nitrogens is 1. The first-order valence-electron chi connectivity index (χ1n) is 12.1. The van der Waals surface area contributed by atoms with Crippen molar-refractivity contribution in [2.24, 2.45) is 4.99 Å². The topological polar surface area (TPSA) is 88.4 Å². The minimum absolute atomic E-state index is 0.266. The summed E-state index contributed by atoms with van der Waals surface area (Å²) < 4.78 is 24.8. The van der Waals surface area contributed by atoms with Crippen LogP contribution in [-0.4, -0.2) is 37.5 Å². The highest BCUT2D eigenvalue weighted by Gasteiger charge is 2.33. The van der Waals surface area contributed by atoms with Crippen LogP contribution in [0.25, 0.3) is 6.08 Å². The van der Waals surface area contributed by atoms with Crippen molar-refractivity contribution in [1.29, 1.82) is 0 Å². The normalized spacial score (nSPS) is 15.3. The van der Waals surface area contributed by atoms with E-state index in [9.17, 15) is 9.59 Å². The van der Waals surface area contributed by atoms with Gasteiger partial charge in [0.1, 0.15) is 5.75 Å². The molecule has 0 N–H and O–H groups in total. The highest BCUT2D eigenvalue weighted by molar-refractivity contribution is 9.10. The Balaban J connectivity index is 1.93. The number of thiazole rings is 1. The van der Waals surface area contributed by atoms with Gasteiger partial charge in [0.2, 0.25) is 0 Å². The first kappa shape index (κ1) is 27.7. The molecule has 10 heteroatoms. The molecular weight excluding hydrogens is 572 g/mol. The van der Waals surface area contributed by atoms with E-state index in [1.807, 2.05) is 25.1 Å². The molecule has 1 aliphatic rings. The van der Waals surface area contributed by atoms with Crippen molar-refractivity contribution in [1.82, 2.24) is 4.57 Å². The van der Waals surface area contributed by atoms with Crippen molar-refractivity contribution >= 4 is 39.3 Å². The second-order valence-electron chi connectivity index (χ2n) is 8.77. The Morgan fingerprint density at radius 1 is 1.16 bits per heavy atom. The Kier molecular flexibility index (Phi) is 8.42. The molecular formula is C28H29BrN2O6S. The summed E-state index contributed by atoms with van der Waals surface area (Å²) in [4.78, 5) is 32.3. The summed E-state index contributed by atoms with van der Waals surface area (Å²) in [6, 6.07) is 10.2. The quantitative estimate of drug-likeness (QED) is 0.357. The average molecular weight is 602 g/mol. The molecule has 0 amide bonds. The number of rotatable bonds is 8. The van der Waals surface area contributed by atoms with Crippen LogP contribution < -0.4 is 29.1 Å². The minimum Gasteiger partial charge on any atom is -0.497 e. The minimum atomic E-state index is -0.705. The van der Waals surface area contributed by atoms with Crippen molar-refractivity contribution in [3.8, 4) is 17.2 Å². The predicted octanol–water partition coefficient (Wildman–Crippen LogP) is 4.37. The van der Waals surface area contributed by atoms with Crippen LogP contribution in [0.2, 0.25) is 0 Å². The third-order valence-corrected chi connectivity index (χ3v) is 7.55. The third kappa shape index (κ3) is 5.42. The van der Waals surface area contributed by atoms with E-state index in [2.05, 4.69) is 20.9 Å². The van der Waals surface area contributed by atoms with E-state index in [1.54, 1.807) is 63.8 Å². The van der Waals surface area contributed by atoms with Gasteiger partial charge in [0.15, 0.2) is 16.3 Å². The number of halogens is 1. The van der Waals surface area contributed by atoms with Gasteiger partial charge in [-0.15, -0.1) is 0 Å². The molecule has 0 spiro atoms. The molecule has 0 fully saturated rings. The van der Waals surface area contributed by atoms with Gasteiger partial charge in [0.25, 0.3) is 5.56 Å². The number of fused-ring (bicyclic) bond motifs is 1. The van der Waals surface area contributed by atoms with Crippen LogP contribution in [0.4, 0.5) is 0 Å². The van der Waals surface area contributed by atoms with Gasteiger partial charge in [-0.3, -0.25) is 9.36 Å². The van der Waals surface area contributed by atoms with Crippen LogP contribution in [0.1, 0.15) is 44.9 Å². The molecule has 2 aromatic carbocycles. The Bertz CT molecular complexity index is 1570. The molecule has 1 aliphatic heterocycles. The number of carbonyl (C=O) groups excluding carboxylic acids is 1. The lowest BCUT2D eigenvalue weighted by molar-refractivity contribution is -0.143. The zero-order valence-electron chi connectivity index (χ0n) is 22.0. The SMILES string of the molecule is CCOc1cc(/C=c2/sc3n(c2=O)[C@@H](c2ccc(OC)cc2)C(C(=O)OC(C)C)=C(C)N=3)c(Br)cc1OC. The van der Waals surface area contributed by atoms with E-state index in [4.69, 9.17) is 18.9 Å². The molecule has 1 atom stereocenters. The van der Waals surface area contributed by atoms with E-state index in [1.165, 1.54) is 11.3 Å². The van der Waals surface area contributed by atoms with Gasteiger partial charge in [0.05, 0.1) is 48.8 Å². The van der Waals surface area contributed by atoms with Gasteiger partial charge in [-0.2, -0.15) is 0 Å². The monoisotopic (exact) mass is 600 g/mol. The number of allylic oxidation sites excluding steroid dienone is 1.